The number of ether oxygens (including phenoxy) is 1. The van der Waals surface area contributed by atoms with Crippen LogP contribution in [0.4, 0.5) is 5.69 Å². The highest BCUT2D eigenvalue weighted by Crippen LogP contribution is 2.36. The SMILES string of the molecule is CN1C(=O)Cc2cc(C3(C(N)=O)COC3)ccc21. The van der Waals surface area contributed by atoms with Gasteiger partial charge in [-0.15, -0.1) is 0 Å². The number of hydrogen-bond donors (Lipinski definition) is 1. The van der Waals surface area contributed by atoms with Crippen LogP contribution in [0, 0.1) is 0 Å². The number of rotatable bonds is 2. The van der Waals surface area contributed by atoms with Crippen molar-refractivity contribution >= 4 is 17.5 Å². The summed E-state index contributed by atoms with van der Waals surface area (Å²) in [6.45, 7) is 0.649. The van der Waals surface area contributed by atoms with E-state index in [4.69, 9.17) is 10.5 Å². The summed E-state index contributed by atoms with van der Waals surface area (Å²) in [7, 11) is 1.75. The Morgan fingerprint density at radius 2 is 2.17 bits per heavy atom. The molecule has 5 nitrogen and oxygen atoms in total. The summed E-state index contributed by atoms with van der Waals surface area (Å²) in [6, 6.07) is 5.64. The highest BCUT2D eigenvalue weighted by Gasteiger charge is 2.46. The number of benzene rings is 1. The Kier molecular flexibility index (Phi) is 2.22. The standard InChI is InChI=1S/C13H14N2O3/c1-15-10-3-2-9(4-8(10)5-11(15)16)13(12(14)17)6-18-7-13/h2-4H,5-7H2,1H3,(H2,14,17). The number of carbonyl (C=O) groups excluding carboxylic acids is 2. The molecule has 0 radical (unpaired) electrons. The molecule has 0 saturated carbocycles. The van der Waals surface area contributed by atoms with Gasteiger partial charge in [0.15, 0.2) is 0 Å². The third kappa shape index (κ3) is 1.31. The molecule has 94 valence electrons. The smallest absolute Gasteiger partial charge is 0.232 e. The summed E-state index contributed by atoms with van der Waals surface area (Å²) < 4.78 is 5.14. The lowest BCUT2D eigenvalue weighted by Crippen LogP contribution is -2.56. The van der Waals surface area contributed by atoms with E-state index in [1.54, 1.807) is 11.9 Å². The summed E-state index contributed by atoms with van der Waals surface area (Å²) >= 11 is 0. The molecule has 0 spiro atoms. The Hall–Kier alpha value is -1.88. The molecule has 1 fully saturated rings. The Bertz CT molecular complexity index is 549. The van der Waals surface area contributed by atoms with Gasteiger partial charge in [-0.05, 0) is 17.2 Å². The van der Waals surface area contributed by atoms with Crippen LogP contribution in [0.5, 0.6) is 0 Å². The normalized spacial score (nSPS) is 20.5. The predicted molar refractivity (Wildman–Crippen MR) is 65.2 cm³/mol. The van der Waals surface area contributed by atoms with Crippen LogP contribution in [0.25, 0.3) is 0 Å². The average Bonchev–Trinajstić information content (AvgIpc) is 2.52. The molecule has 2 heterocycles. The second kappa shape index (κ2) is 3.55. The molecule has 5 heteroatoms. The zero-order chi connectivity index (χ0) is 12.9. The number of likely N-dealkylation sites (N-methyl/N-ethyl adjacent to an activating group) is 1. The van der Waals surface area contributed by atoms with E-state index in [1.165, 1.54) is 0 Å². The minimum Gasteiger partial charge on any atom is -0.378 e. The van der Waals surface area contributed by atoms with Crippen molar-refractivity contribution < 1.29 is 14.3 Å². The van der Waals surface area contributed by atoms with Gasteiger partial charge in [0.25, 0.3) is 0 Å². The average molecular weight is 246 g/mol. The number of nitrogens with two attached hydrogens (primary N) is 1. The van der Waals surface area contributed by atoms with E-state index >= 15 is 0 Å². The lowest BCUT2D eigenvalue weighted by atomic mass is 9.77. The van der Waals surface area contributed by atoms with Crippen molar-refractivity contribution in [3.63, 3.8) is 0 Å². The molecule has 1 saturated heterocycles. The van der Waals surface area contributed by atoms with Crippen LogP contribution in [0.15, 0.2) is 18.2 Å². The Labute approximate surface area is 105 Å². The molecule has 0 aromatic heterocycles. The first-order valence-corrected chi connectivity index (χ1v) is 5.82. The van der Waals surface area contributed by atoms with Crippen LogP contribution in [-0.4, -0.2) is 32.1 Å². The molecule has 2 aliphatic rings. The van der Waals surface area contributed by atoms with E-state index in [-0.39, 0.29) is 11.8 Å². The van der Waals surface area contributed by atoms with Gasteiger partial charge in [-0.3, -0.25) is 9.59 Å². The molecule has 3 rings (SSSR count). The van der Waals surface area contributed by atoms with Crippen LogP contribution in [-0.2, 0) is 26.2 Å². The van der Waals surface area contributed by atoms with Gasteiger partial charge in [0, 0.05) is 12.7 Å². The van der Waals surface area contributed by atoms with Crippen molar-refractivity contribution in [1.29, 1.82) is 0 Å². The van der Waals surface area contributed by atoms with Crippen LogP contribution in [0.2, 0.25) is 0 Å². The molecule has 0 aliphatic carbocycles. The zero-order valence-corrected chi connectivity index (χ0v) is 10.1. The maximum Gasteiger partial charge on any atom is 0.232 e. The Morgan fingerprint density at radius 3 is 2.72 bits per heavy atom. The van der Waals surface area contributed by atoms with Crippen molar-refractivity contribution in [3.05, 3.63) is 29.3 Å². The van der Waals surface area contributed by atoms with Crippen molar-refractivity contribution in [1.82, 2.24) is 0 Å². The van der Waals surface area contributed by atoms with E-state index in [0.717, 1.165) is 16.8 Å². The number of amides is 2. The van der Waals surface area contributed by atoms with E-state index < -0.39 is 5.41 Å². The maximum absolute atomic E-state index is 11.6. The number of hydrogen-bond acceptors (Lipinski definition) is 3. The highest BCUT2D eigenvalue weighted by molar-refractivity contribution is 6.01. The van der Waals surface area contributed by atoms with Gasteiger partial charge in [-0.2, -0.15) is 0 Å². The lowest BCUT2D eigenvalue weighted by molar-refractivity contribution is -0.141. The second-order valence-electron chi connectivity index (χ2n) is 4.91. The van der Waals surface area contributed by atoms with Gasteiger partial charge < -0.3 is 15.4 Å². The molecule has 0 atom stereocenters. The fourth-order valence-electron chi connectivity index (χ4n) is 2.53. The second-order valence-corrected chi connectivity index (χ2v) is 4.91. The van der Waals surface area contributed by atoms with Crippen LogP contribution >= 0.6 is 0 Å². The van der Waals surface area contributed by atoms with Crippen LogP contribution in [0.3, 0.4) is 0 Å². The van der Waals surface area contributed by atoms with Crippen molar-refractivity contribution in [2.24, 2.45) is 5.73 Å². The first-order valence-electron chi connectivity index (χ1n) is 5.82. The number of anilines is 1. The number of nitrogens with zero attached hydrogens (tertiary/aromatic N) is 1. The largest absolute Gasteiger partial charge is 0.378 e. The molecular formula is C13H14N2O3. The first-order chi connectivity index (χ1) is 8.54. The van der Waals surface area contributed by atoms with Gasteiger partial charge in [0.05, 0.1) is 19.6 Å². The van der Waals surface area contributed by atoms with E-state index in [9.17, 15) is 9.59 Å². The molecule has 2 amide bonds. The maximum atomic E-state index is 11.6. The monoisotopic (exact) mass is 246 g/mol. The number of fused-ring (bicyclic) bond motifs is 1. The summed E-state index contributed by atoms with van der Waals surface area (Å²) in [6.07, 6.45) is 0.384. The van der Waals surface area contributed by atoms with Gasteiger partial charge in [-0.25, -0.2) is 0 Å². The molecule has 1 aromatic rings. The quantitative estimate of drug-likeness (QED) is 0.795. The fourth-order valence-corrected chi connectivity index (χ4v) is 2.53. The Morgan fingerprint density at radius 1 is 1.44 bits per heavy atom. The van der Waals surface area contributed by atoms with Gasteiger partial charge >= 0.3 is 0 Å². The summed E-state index contributed by atoms with van der Waals surface area (Å²) in [4.78, 5) is 24.8. The van der Waals surface area contributed by atoms with Crippen LogP contribution < -0.4 is 10.6 Å². The summed E-state index contributed by atoms with van der Waals surface area (Å²) in [5, 5.41) is 0. The van der Waals surface area contributed by atoms with Crippen molar-refractivity contribution in [2.45, 2.75) is 11.8 Å². The Balaban J connectivity index is 2.04. The van der Waals surface area contributed by atoms with E-state index in [2.05, 4.69) is 0 Å². The summed E-state index contributed by atoms with van der Waals surface area (Å²) in [5.41, 5.74) is 7.47. The lowest BCUT2D eigenvalue weighted by Gasteiger charge is -2.39. The minimum atomic E-state index is -0.709. The molecule has 0 bridgehead atoms. The van der Waals surface area contributed by atoms with Crippen LogP contribution in [0.1, 0.15) is 11.1 Å². The van der Waals surface area contributed by atoms with Gasteiger partial charge in [0.1, 0.15) is 5.41 Å². The zero-order valence-electron chi connectivity index (χ0n) is 10.1. The minimum absolute atomic E-state index is 0.0696. The molecule has 0 unspecified atom stereocenters. The fraction of sp³-hybridized carbons (Fsp3) is 0.385. The molecule has 18 heavy (non-hydrogen) atoms. The highest BCUT2D eigenvalue weighted by atomic mass is 16.5. The van der Waals surface area contributed by atoms with E-state index in [0.29, 0.717) is 19.6 Å². The third-order valence-electron chi connectivity index (χ3n) is 3.88. The number of primary amides is 1. The topological polar surface area (TPSA) is 72.6 Å². The molecule has 1 aromatic carbocycles. The van der Waals surface area contributed by atoms with Gasteiger partial charge in [-0.1, -0.05) is 12.1 Å². The molecular weight excluding hydrogens is 232 g/mol. The first kappa shape index (κ1) is 11.2. The molecule has 2 aliphatic heterocycles. The van der Waals surface area contributed by atoms with E-state index in [1.807, 2.05) is 18.2 Å². The number of carbonyl (C=O) groups is 2. The van der Waals surface area contributed by atoms with Crippen molar-refractivity contribution in [2.75, 3.05) is 25.2 Å². The van der Waals surface area contributed by atoms with Gasteiger partial charge in [0.2, 0.25) is 11.8 Å². The third-order valence-corrected chi connectivity index (χ3v) is 3.88. The summed E-state index contributed by atoms with van der Waals surface area (Å²) in [5.74, 6) is -0.300. The predicted octanol–water partition coefficient (Wildman–Crippen LogP) is -0.0412. The molecule has 2 N–H and O–H groups in total. The van der Waals surface area contributed by atoms with Crippen molar-refractivity contribution in [3.8, 4) is 0 Å².